The quantitative estimate of drug-likeness (QED) is 0.864. The molecule has 2 aromatic rings. The predicted molar refractivity (Wildman–Crippen MR) is 89.0 cm³/mol. The first-order chi connectivity index (χ1) is 10.6. The fourth-order valence-corrected chi connectivity index (χ4v) is 4.56. The molecule has 1 heterocycles. The first-order valence-electron chi connectivity index (χ1n) is 7.73. The van der Waals surface area contributed by atoms with Gasteiger partial charge in [-0.2, -0.15) is 4.31 Å². The van der Waals surface area contributed by atoms with Gasteiger partial charge in [0.25, 0.3) is 0 Å². The average molecular weight is 315 g/mol. The van der Waals surface area contributed by atoms with Gasteiger partial charge in [-0.05, 0) is 42.0 Å². The van der Waals surface area contributed by atoms with E-state index in [4.69, 9.17) is 0 Å². The van der Waals surface area contributed by atoms with E-state index in [1.165, 1.54) is 0 Å². The predicted octanol–water partition coefficient (Wildman–Crippen LogP) is 3.77. The number of piperidine rings is 1. The molecule has 4 heteroatoms. The van der Waals surface area contributed by atoms with E-state index < -0.39 is 10.0 Å². The minimum Gasteiger partial charge on any atom is -0.207 e. The second kappa shape index (κ2) is 6.23. The van der Waals surface area contributed by atoms with Crippen LogP contribution in [0.15, 0.2) is 59.5 Å². The van der Waals surface area contributed by atoms with Gasteiger partial charge < -0.3 is 0 Å². The third kappa shape index (κ3) is 3.08. The highest BCUT2D eigenvalue weighted by Gasteiger charge is 2.28. The number of hydrogen-bond acceptors (Lipinski definition) is 2. The second-order valence-electron chi connectivity index (χ2n) is 6.00. The van der Waals surface area contributed by atoms with E-state index in [9.17, 15) is 8.42 Å². The van der Waals surface area contributed by atoms with Crippen LogP contribution in [-0.4, -0.2) is 25.8 Å². The molecule has 0 saturated carbocycles. The van der Waals surface area contributed by atoms with Crippen LogP contribution in [0.2, 0.25) is 0 Å². The van der Waals surface area contributed by atoms with Gasteiger partial charge in [-0.1, -0.05) is 49.4 Å². The van der Waals surface area contributed by atoms with Crippen LogP contribution in [0.5, 0.6) is 0 Å². The van der Waals surface area contributed by atoms with Crippen molar-refractivity contribution in [1.29, 1.82) is 0 Å². The summed E-state index contributed by atoms with van der Waals surface area (Å²) in [5.74, 6) is 0.437. The molecule has 0 radical (unpaired) electrons. The Kier molecular flexibility index (Phi) is 4.32. The lowest BCUT2D eigenvalue weighted by atomic mass is 10.0. The zero-order chi connectivity index (χ0) is 15.6. The summed E-state index contributed by atoms with van der Waals surface area (Å²) in [5, 5.41) is 0. The maximum Gasteiger partial charge on any atom is 0.243 e. The Hall–Kier alpha value is -1.65. The van der Waals surface area contributed by atoms with Gasteiger partial charge in [-0.15, -0.1) is 0 Å². The van der Waals surface area contributed by atoms with E-state index in [2.05, 4.69) is 6.92 Å². The zero-order valence-corrected chi connectivity index (χ0v) is 13.6. The van der Waals surface area contributed by atoms with Crippen LogP contribution in [0.1, 0.15) is 19.8 Å². The summed E-state index contributed by atoms with van der Waals surface area (Å²) < 4.78 is 27.0. The highest BCUT2D eigenvalue weighted by Crippen LogP contribution is 2.26. The minimum absolute atomic E-state index is 0.390. The summed E-state index contributed by atoms with van der Waals surface area (Å²) in [6.45, 7) is 3.37. The summed E-state index contributed by atoms with van der Waals surface area (Å²) in [7, 11) is -3.36. The van der Waals surface area contributed by atoms with E-state index in [0.29, 0.717) is 23.9 Å². The lowest BCUT2D eigenvalue weighted by Gasteiger charge is -2.30. The molecule has 0 amide bonds. The molecule has 116 valence electrons. The van der Waals surface area contributed by atoms with Crippen LogP contribution < -0.4 is 0 Å². The first-order valence-corrected chi connectivity index (χ1v) is 9.17. The molecule has 0 aliphatic carbocycles. The Balaban J connectivity index is 1.86. The largest absolute Gasteiger partial charge is 0.243 e. The molecule has 0 aromatic heterocycles. The molecule has 3 rings (SSSR count). The van der Waals surface area contributed by atoms with Gasteiger partial charge in [-0.3, -0.25) is 0 Å². The van der Waals surface area contributed by atoms with Crippen molar-refractivity contribution in [3.05, 3.63) is 54.6 Å². The molecular formula is C18H21NO2S. The van der Waals surface area contributed by atoms with Crippen molar-refractivity contribution in [2.24, 2.45) is 5.92 Å². The van der Waals surface area contributed by atoms with Gasteiger partial charge in [0.1, 0.15) is 0 Å². The van der Waals surface area contributed by atoms with Crippen molar-refractivity contribution >= 4 is 10.0 Å². The first kappa shape index (κ1) is 15.3. The molecule has 1 fully saturated rings. The third-order valence-corrected chi connectivity index (χ3v) is 6.10. The lowest BCUT2D eigenvalue weighted by molar-refractivity contribution is 0.281. The summed E-state index contributed by atoms with van der Waals surface area (Å²) in [6.07, 6.45) is 2.06. The van der Waals surface area contributed by atoms with Crippen LogP contribution in [0, 0.1) is 5.92 Å². The van der Waals surface area contributed by atoms with E-state index in [1.807, 2.05) is 42.5 Å². The highest BCUT2D eigenvalue weighted by atomic mass is 32.2. The van der Waals surface area contributed by atoms with Crippen molar-refractivity contribution in [2.75, 3.05) is 13.1 Å². The Labute approximate surface area is 132 Å². The van der Waals surface area contributed by atoms with Crippen LogP contribution >= 0.6 is 0 Å². The van der Waals surface area contributed by atoms with E-state index in [1.54, 1.807) is 16.4 Å². The number of benzene rings is 2. The summed E-state index contributed by atoms with van der Waals surface area (Å²) in [5.41, 5.74) is 2.13. The molecule has 1 atom stereocenters. The molecule has 3 nitrogen and oxygen atoms in total. The number of hydrogen-bond donors (Lipinski definition) is 0. The Morgan fingerprint density at radius 3 is 2.23 bits per heavy atom. The molecule has 0 N–H and O–H groups in total. The minimum atomic E-state index is -3.36. The fourth-order valence-electron chi connectivity index (χ4n) is 2.96. The van der Waals surface area contributed by atoms with Gasteiger partial charge in [0.15, 0.2) is 0 Å². The van der Waals surface area contributed by atoms with E-state index in [0.717, 1.165) is 24.0 Å². The fraction of sp³-hybridized carbons (Fsp3) is 0.333. The Morgan fingerprint density at radius 1 is 0.955 bits per heavy atom. The van der Waals surface area contributed by atoms with E-state index in [-0.39, 0.29) is 0 Å². The van der Waals surface area contributed by atoms with Crippen LogP contribution in [0.25, 0.3) is 11.1 Å². The normalized spacial score (nSPS) is 20.0. The van der Waals surface area contributed by atoms with Gasteiger partial charge >= 0.3 is 0 Å². The maximum absolute atomic E-state index is 12.7. The number of rotatable bonds is 3. The van der Waals surface area contributed by atoms with Gasteiger partial charge in [0.2, 0.25) is 10.0 Å². The van der Waals surface area contributed by atoms with Gasteiger partial charge in [0, 0.05) is 13.1 Å². The molecule has 0 bridgehead atoms. The molecular weight excluding hydrogens is 294 g/mol. The summed E-state index contributed by atoms with van der Waals surface area (Å²) in [6, 6.07) is 17.2. The molecule has 1 saturated heterocycles. The van der Waals surface area contributed by atoms with Gasteiger partial charge in [0.05, 0.1) is 4.90 Å². The van der Waals surface area contributed by atoms with Crippen molar-refractivity contribution in [3.63, 3.8) is 0 Å². The van der Waals surface area contributed by atoms with Crippen LogP contribution in [0.3, 0.4) is 0 Å². The van der Waals surface area contributed by atoms with Crippen molar-refractivity contribution in [3.8, 4) is 11.1 Å². The van der Waals surface area contributed by atoms with Crippen molar-refractivity contribution in [1.82, 2.24) is 4.31 Å². The molecule has 0 spiro atoms. The lowest BCUT2D eigenvalue weighted by Crippen LogP contribution is -2.39. The third-order valence-electron chi connectivity index (χ3n) is 4.22. The van der Waals surface area contributed by atoms with Crippen LogP contribution in [-0.2, 0) is 10.0 Å². The van der Waals surface area contributed by atoms with E-state index >= 15 is 0 Å². The summed E-state index contributed by atoms with van der Waals surface area (Å²) in [4.78, 5) is 0.390. The number of sulfonamides is 1. The monoisotopic (exact) mass is 315 g/mol. The highest BCUT2D eigenvalue weighted by molar-refractivity contribution is 7.89. The molecule has 1 aliphatic heterocycles. The Bertz CT molecular complexity index is 723. The van der Waals surface area contributed by atoms with Crippen molar-refractivity contribution in [2.45, 2.75) is 24.7 Å². The topological polar surface area (TPSA) is 37.4 Å². The zero-order valence-electron chi connectivity index (χ0n) is 12.8. The smallest absolute Gasteiger partial charge is 0.207 e. The number of nitrogens with zero attached hydrogens (tertiary/aromatic N) is 1. The molecule has 1 aliphatic rings. The average Bonchev–Trinajstić information content (AvgIpc) is 2.56. The maximum atomic E-state index is 12.7. The standard InChI is InChI=1S/C18H21NO2S/c1-15-6-5-13-19(14-15)22(20,21)18-11-9-17(10-12-18)16-7-3-2-4-8-16/h2-4,7-12,15H,5-6,13-14H2,1H3/t15-/m0/s1. The van der Waals surface area contributed by atoms with Crippen molar-refractivity contribution < 1.29 is 8.42 Å². The summed E-state index contributed by atoms with van der Waals surface area (Å²) >= 11 is 0. The second-order valence-corrected chi connectivity index (χ2v) is 7.94. The SMILES string of the molecule is C[C@H]1CCCN(S(=O)(=O)c2ccc(-c3ccccc3)cc2)C1. The Morgan fingerprint density at radius 2 is 1.59 bits per heavy atom. The van der Waals surface area contributed by atoms with Crippen LogP contribution in [0.4, 0.5) is 0 Å². The molecule has 0 unspecified atom stereocenters. The molecule has 2 aromatic carbocycles. The molecule has 22 heavy (non-hydrogen) atoms. The van der Waals surface area contributed by atoms with Gasteiger partial charge in [-0.25, -0.2) is 8.42 Å².